The van der Waals surface area contributed by atoms with E-state index in [1.54, 1.807) is 11.0 Å². The zero-order valence-electron chi connectivity index (χ0n) is 16.8. The van der Waals surface area contributed by atoms with Gasteiger partial charge in [-0.25, -0.2) is 0 Å². The third-order valence-electron chi connectivity index (χ3n) is 5.06. The van der Waals surface area contributed by atoms with Crippen LogP contribution in [0.4, 0.5) is 0 Å². The Hall–Kier alpha value is -3.38. The maximum Gasteiger partial charge on any atom is 0.292 e. The zero-order chi connectivity index (χ0) is 20.6. The molecular weight excluding hydrogens is 378 g/mol. The summed E-state index contributed by atoms with van der Waals surface area (Å²) >= 11 is 0. The molecule has 2 heterocycles. The molecule has 0 spiro atoms. The van der Waals surface area contributed by atoms with E-state index in [2.05, 4.69) is 34.3 Å². The predicted octanol–water partition coefficient (Wildman–Crippen LogP) is 3.72. The summed E-state index contributed by atoms with van der Waals surface area (Å²) in [5.41, 5.74) is 2.23. The lowest BCUT2D eigenvalue weighted by Crippen LogP contribution is -2.48. The second-order valence-electron chi connectivity index (χ2n) is 7.21. The minimum Gasteiger partial charge on any atom is -0.471 e. The summed E-state index contributed by atoms with van der Waals surface area (Å²) < 4.78 is 10.8. The van der Waals surface area contributed by atoms with Crippen LogP contribution in [0.3, 0.4) is 0 Å². The highest BCUT2D eigenvalue weighted by atomic mass is 16.5. The average molecular weight is 403 g/mol. The Kier molecular flexibility index (Phi) is 6.57. The molecule has 0 radical (unpaired) electrons. The van der Waals surface area contributed by atoms with Crippen LogP contribution in [0.15, 0.2) is 77.3 Å². The second-order valence-corrected chi connectivity index (χ2v) is 7.21. The largest absolute Gasteiger partial charge is 0.471 e. The fraction of sp³-hybridized carbons (Fsp3) is 0.250. The zero-order valence-corrected chi connectivity index (χ0v) is 16.8. The van der Waals surface area contributed by atoms with Gasteiger partial charge in [0.15, 0.2) is 0 Å². The highest BCUT2D eigenvalue weighted by Crippen LogP contribution is 2.16. The number of carbonyl (C=O) groups excluding carboxylic acids is 1. The van der Waals surface area contributed by atoms with Crippen LogP contribution >= 0.6 is 0 Å². The van der Waals surface area contributed by atoms with Gasteiger partial charge in [0.2, 0.25) is 5.76 Å². The SMILES string of the molecule is O=C(c1cc(OCc2ccccc2)no1)N1CCN(CC=Cc2ccccc2)CC1. The number of carbonyl (C=O) groups is 1. The number of amides is 1. The summed E-state index contributed by atoms with van der Waals surface area (Å²) in [6.07, 6.45) is 4.29. The van der Waals surface area contributed by atoms with Crippen molar-refractivity contribution in [1.82, 2.24) is 15.0 Å². The van der Waals surface area contributed by atoms with E-state index in [1.165, 1.54) is 5.56 Å². The van der Waals surface area contributed by atoms with Gasteiger partial charge in [0.25, 0.3) is 11.8 Å². The molecule has 1 aliphatic rings. The van der Waals surface area contributed by atoms with Crippen molar-refractivity contribution in [3.8, 4) is 5.88 Å². The van der Waals surface area contributed by atoms with E-state index in [4.69, 9.17) is 9.26 Å². The summed E-state index contributed by atoms with van der Waals surface area (Å²) in [5, 5.41) is 3.87. The molecule has 0 saturated carbocycles. The van der Waals surface area contributed by atoms with Gasteiger partial charge in [-0.1, -0.05) is 72.8 Å². The van der Waals surface area contributed by atoms with Crippen molar-refractivity contribution < 1.29 is 14.1 Å². The Bertz CT molecular complexity index is 962. The molecule has 30 heavy (non-hydrogen) atoms. The summed E-state index contributed by atoms with van der Waals surface area (Å²) in [4.78, 5) is 16.8. The molecule has 4 rings (SSSR count). The van der Waals surface area contributed by atoms with Gasteiger partial charge in [-0.05, 0) is 16.3 Å². The fourth-order valence-corrected chi connectivity index (χ4v) is 3.35. The molecule has 1 aliphatic heterocycles. The lowest BCUT2D eigenvalue weighted by molar-refractivity contribution is 0.0609. The highest BCUT2D eigenvalue weighted by molar-refractivity contribution is 5.91. The third kappa shape index (κ3) is 5.36. The number of nitrogens with zero attached hydrogens (tertiary/aromatic N) is 3. The van der Waals surface area contributed by atoms with Gasteiger partial charge in [-0.3, -0.25) is 9.69 Å². The minimum atomic E-state index is -0.142. The topological polar surface area (TPSA) is 58.8 Å². The summed E-state index contributed by atoms with van der Waals surface area (Å²) in [5.74, 6) is 0.402. The quantitative estimate of drug-likeness (QED) is 0.602. The van der Waals surface area contributed by atoms with Crippen LogP contribution in [0.5, 0.6) is 5.88 Å². The van der Waals surface area contributed by atoms with Gasteiger partial charge >= 0.3 is 0 Å². The van der Waals surface area contributed by atoms with Gasteiger partial charge in [0.1, 0.15) is 6.61 Å². The average Bonchev–Trinajstić information content (AvgIpc) is 3.28. The Balaban J connectivity index is 1.23. The molecule has 0 unspecified atom stereocenters. The standard InChI is InChI=1S/C24H25N3O3/c28-24(22-18-23(25-30-22)29-19-21-10-5-2-6-11-21)27-16-14-26(15-17-27)13-7-12-20-8-3-1-4-9-20/h1-12,18H,13-17,19H2. The first-order valence-corrected chi connectivity index (χ1v) is 10.1. The van der Waals surface area contributed by atoms with Crippen LogP contribution in [-0.2, 0) is 6.61 Å². The molecular formula is C24H25N3O3. The fourth-order valence-electron chi connectivity index (χ4n) is 3.35. The number of rotatable bonds is 7. The van der Waals surface area contributed by atoms with Crippen molar-refractivity contribution >= 4 is 12.0 Å². The minimum absolute atomic E-state index is 0.142. The summed E-state index contributed by atoms with van der Waals surface area (Å²) in [7, 11) is 0. The van der Waals surface area contributed by atoms with Crippen LogP contribution < -0.4 is 4.74 Å². The number of aromatic nitrogens is 1. The van der Waals surface area contributed by atoms with Gasteiger partial charge in [0.05, 0.1) is 6.07 Å². The number of ether oxygens (including phenoxy) is 1. The van der Waals surface area contributed by atoms with E-state index >= 15 is 0 Å². The smallest absolute Gasteiger partial charge is 0.292 e. The first-order chi connectivity index (χ1) is 14.8. The lowest BCUT2D eigenvalue weighted by Gasteiger charge is -2.33. The molecule has 1 aromatic heterocycles. The lowest BCUT2D eigenvalue weighted by atomic mass is 10.2. The molecule has 1 saturated heterocycles. The van der Waals surface area contributed by atoms with E-state index in [1.807, 2.05) is 48.5 Å². The van der Waals surface area contributed by atoms with Crippen molar-refractivity contribution in [2.75, 3.05) is 32.7 Å². The van der Waals surface area contributed by atoms with Crippen LogP contribution in [-0.4, -0.2) is 53.6 Å². The molecule has 0 N–H and O–H groups in total. The van der Waals surface area contributed by atoms with Crippen LogP contribution in [0.1, 0.15) is 21.7 Å². The molecule has 6 heteroatoms. The molecule has 2 aromatic carbocycles. The number of hydrogen-bond acceptors (Lipinski definition) is 5. The van der Waals surface area contributed by atoms with E-state index in [0.29, 0.717) is 25.6 Å². The van der Waals surface area contributed by atoms with Crippen molar-refractivity contribution in [1.29, 1.82) is 0 Å². The van der Waals surface area contributed by atoms with E-state index in [0.717, 1.165) is 25.2 Å². The number of benzene rings is 2. The van der Waals surface area contributed by atoms with Crippen molar-refractivity contribution in [2.45, 2.75) is 6.61 Å². The van der Waals surface area contributed by atoms with Gasteiger partial charge in [0, 0.05) is 32.7 Å². The van der Waals surface area contributed by atoms with Crippen molar-refractivity contribution in [3.05, 3.63) is 89.7 Å². The van der Waals surface area contributed by atoms with Crippen LogP contribution in [0.25, 0.3) is 6.08 Å². The van der Waals surface area contributed by atoms with E-state index < -0.39 is 0 Å². The molecule has 1 amide bonds. The maximum absolute atomic E-state index is 12.7. The van der Waals surface area contributed by atoms with Gasteiger partial charge < -0.3 is 14.2 Å². The molecule has 0 bridgehead atoms. The first-order valence-electron chi connectivity index (χ1n) is 10.1. The second kappa shape index (κ2) is 9.89. The summed E-state index contributed by atoms with van der Waals surface area (Å²) in [6.45, 7) is 4.25. The number of piperazine rings is 1. The molecule has 0 atom stereocenters. The van der Waals surface area contributed by atoms with Crippen molar-refractivity contribution in [3.63, 3.8) is 0 Å². The van der Waals surface area contributed by atoms with Crippen LogP contribution in [0, 0.1) is 0 Å². The maximum atomic E-state index is 12.7. The Morgan fingerprint density at radius 1 is 1.00 bits per heavy atom. The molecule has 6 nitrogen and oxygen atoms in total. The predicted molar refractivity (Wildman–Crippen MR) is 115 cm³/mol. The number of hydrogen-bond donors (Lipinski definition) is 0. The highest BCUT2D eigenvalue weighted by Gasteiger charge is 2.25. The van der Waals surface area contributed by atoms with Crippen molar-refractivity contribution in [2.24, 2.45) is 0 Å². The molecule has 0 aliphatic carbocycles. The first kappa shape index (κ1) is 19.9. The van der Waals surface area contributed by atoms with Gasteiger partial charge in [-0.2, -0.15) is 0 Å². The monoisotopic (exact) mass is 403 g/mol. The molecule has 1 fully saturated rings. The summed E-state index contributed by atoms with van der Waals surface area (Å²) in [6, 6.07) is 21.6. The Morgan fingerprint density at radius 3 is 2.43 bits per heavy atom. The normalized spacial score (nSPS) is 14.9. The third-order valence-corrected chi connectivity index (χ3v) is 5.06. The van der Waals surface area contributed by atoms with Crippen LogP contribution in [0.2, 0.25) is 0 Å². The molecule has 154 valence electrons. The van der Waals surface area contributed by atoms with E-state index in [-0.39, 0.29) is 11.7 Å². The van der Waals surface area contributed by atoms with Gasteiger partial charge in [-0.15, -0.1) is 0 Å². The molecule has 3 aromatic rings. The Labute approximate surface area is 176 Å². The van der Waals surface area contributed by atoms with E-state index in [9.17, 15) is 4.79 Å². The Morgan fingerprint density at radius 2 is 1.70 bits per heavy atom.